The number of hydrogen-bond donors (Lipinski definition) is 0. The van der Waals surface area contributed by atoms with Crippen LogP contribution in [0.5, 0.6) is 5.75 Å². The summed E-state index contributed by atoms with van der Waals surface area (Å²) in [5, 5.41) is 0.0757. The first-order chi connectivity index (χ1) is 6.72. The van der Waals surface area contributed by atoms with E-state index >= 15 is 0 Å². The fraction of sp³-hybridized carbons (Fsp3) is 0.143. The van der Waals surface area contributed by atoms with Crippen LogP contribution in [0.3, 0.4) is 0 Å². The van der Waals surface area contributed by atoms with Gasteiger partial charge in [-0.3, -0.25) is 0 Å². The van der Waals surface area contributed by atoms with Crippen molar-refractivity contribution in [3.05, 3.63) is 29.3 Å². The van der Waals surface area contributed by atoms with Crippen molar-refractivity contribution in [3.63, 3.8) is 0 Å². The van der Waals surface area contributed by atoms with Gasteiger partial charge < -0.3 is 4.18 Å². The fourth-order valence-electron chi connectivity index (χ4n) is 0.568. The molecule has 0 atom stereocenters. The molecular formula is C7H2ClF3O3S. The van der Waals surface area contributed by atoms with Crippen molar-refractivity contribution in [2.75, 3.05) is 0 Å². The van der Waals surface area contributed by atoms with Gasteiger partial charge in [-0.2, -0.15) is 21.6 Å². The Hall–Kier alpha value is -1.13. The minimum atomic E-state index is -5.66. The highest BCUT2D eigenvalue weighted by molar-refractivity contribution is 7.87. The SMILES string of the molecule is O=S(=O)(Oc1c#cc(Cl)cc1)C(F)(F)F. The van der Waals surface area contributed by atoms with E-state index in [9.17, 15) is 21.6 Å². The Morgan fingerprint density at radius 2 is 1.87 bits per heavy atom. The first-order valence-electron chi connectivity index (χ1n) is 3.32. The molecule has 3 nitrogen and oxygen atoms in total. The van der Waals surface area contributed by atoms with E-state index in [-0.39, 0.29) is 5.02 Å². The van der Waals surface area contributed by atoms with Gasteiger partial charge >= 0.3 is 15.6 Å². The molecule has 0 aliphatic rings. The third-order valence-corrected chi connectivity index (χ3v) is 2.36. The highest BCUT2D eigenvalue weighted by Crippen LogP contribution is 2.26. The molecule has 0 heterocycles. The van der Waals surface area contributed by atoms with Gasteiger partial charge in [0.1, 0.15) is 0 Å². The molecule has 0 aliphatic carbocycles. The number of hydrogen-bond acceptors (Lipinski definition) is 3. The molecule has 0 spiro atoms. The van der Waals surface area contributed by atoms with Gasteiger partial charge in [0.25, 0.3) is 0 Å². The molecule has 1 aromatic rings. The smallest absolute Gasteiger partial charge is 0.367 e. The van der Waals surface area contributed by atoms with Crippen molar-refractivity contribution >= 4 is 21.7 Å². The van der Waals surface area contributed by atoms with Crippen molar-refractivity contribution in [1.82, 2.24) is 0 Å². The fourth-order valence-corrected chi connectivity index (χ4v) is 1.11. The third kappa shape index (κ3) is 2.91. The zero-order valence-corrected chi connectivity index (χ0v) is 8.37. The lowest BCUT2D eigenvalue weighted by Gasteiger charge is -2.07. The van der Waals surface area contributed by atoms with Crippen LogP contribution >= 0.6 is 11.6 Å². The molecule has 8 heteroatoms. The van der Waals surface area contributed by atoms with Gasteiger partial charge in [0.2, 0.25) is 0 Å². The molecule has 0 saturated heterocycles. The van der Waals surface area contributed by atoms with Crippen LogP contribution in [0.2, 0.25) is 5.02 Å². The molecule has 82 valence electrons. The summed E-state index contributed by atoms with van der Waals surface area (Å²) >= 11 is 5.36. The molecule has 0 aliphatic heterocycles. The van der Waals surface area contributed by atoms with Crippen molar-refractivity contribution in [2.24, 2.45) is 0 Å². The quantitative estimate of drug-likeness (QED) is 0.603. The summed E-state index contributed by atoms with van der Waals surface area (Å²) in [4.78, 5) is 0. The normalized spacial score (nSPS) is 12.0. The standard InChI is InChI=1S/C7H2ClF3O3S/c8-5-1-3-6(4-2-5)14-15(12,13)7(9,10)11/h1,3H. The summed E-state index contributed by atoms with van der Waals surface area (Å²) in [7, 11) is -5.66. The van der Waals surface area contributed by atoms with Crippen LogP contribution in [0.15, 0.2) is 12.1 Å². The molecule has 0 fully saturated rings. The predicted octanol–water partition coefficient (Wildman–Crippen LogP) is 2.17. The third-order valence-electron chi connectivity index (χ3n) is 1.17. The molecule has 0 saturated carbocycles. The monoisotopic (exact) mass is 258 g/mol. The van der Waals surface area contributed by atoms with E-state index in [1.807, 2.05) is 6.07 Å². The van der Waals surface area contributed by atoms with Crippen LogP contribution in [-0.4, -0.2) is 13.9 Å². The van der Waals surface area contributed by atoms with Crippen molar-refractivity contribution in [2.45, 2.75) is 5.51 Å². The van der Waals surface area contributed by atoms with Gasteiger partial charge in [-0.15, -0.1) is 0 Å². The van der Waals surface area contributed by atoms with Gasteiger partial charge in [-0.1, -0.05) is 11.6 Å². The lowest BCUT2D eigenvalue weighted by atomic mass is 10.4. The van der Waals surface area contributed by atoms with Crippen LogP contribution in [0.25, 0.3) is 0 Å². The van der Waals surface area contributed by atoms with Crippen molar-refractivity contribution in [1.29, 1.82) is 0 Å². The number of alkyl halides is 3. The Balaban J connectivity index is 2.93. The average Bonchev–Trinajstić information content (AvgIpc) is 2.06. The minimum Gasteiger partial charge on any atom is -0.367 e. The lowest BCUT2D eigenvalue weighted by Crippen LogP contribution is -2.27. The Bertz CT molecular complexity index is 438. The highest BCUT2D eigenvalue weighted by Gasteiger charge is 2.48. The maximum Gasteiger partial charge on any atom is 0.534 e. The summed E-state index contributed by atoms with van der Waals surface area (Å²) in [6.45, 7) is 0. The van der Waals surface area contributed by atoms with E-state index in [1.54, 1.807) is 0 Å². The van der Waals surface area contributed by atoms with E-state index in [0.29, 0.717) is 0 Å². The minimum absolute atomic E-state index is 0.0757. The molecule has 1 aromatic carbocycles. The average molecular weight is 259 g/mol. The van der Waals surface area contributed by atoms with Crippen LogP contribution < -0.4 is 4.18 Å². The number of halogens is 4. The second kappa shape index (κ2) is 3.79. The molecule has 0 aromatic heterocycles. The van der Waals surface area contributed by atoms with Crippen LogP contribution in [0.1, 0.15) is 0 Å². The molecule has 0 amide bonds. The van der Waals surface area contributed by atoms with Crippen molar-refractivity contribution < 1.29 is 25.8 Å². The van der Waals surface area contributed by atoms with Gasteiger partial charge in [0, 0.05) is 0 Å². The Labute approximate surface area is 88.5 Å². The van der Waals surface area contributed by atoms with E-state index in [4.69, 9.17) is 11.6 Å². The summed E-state index contributed by atoms with van der Waals surface area (Å²) in [5.74, 6) is -0.628. The molecular weight excluding hydrogens is 257 g/mol. The van der Waals surface area contributed by atoms with Gasteiger partial charge in [0.15, 0.2) is 5.75 Å². The van der Waals surface area contributed by atoms with E-state index in [2.05, 4.69) is 10.2 Å². The first-order valence-corrected chi connectivity index (χ1v) is 5.11. The summed E-state index contributed by atoms with van der Waals surface area (Å²) in [6, 6.07) is 6.22. The van der Waals surface area contributed by atoms with E-state index in [1.165, 1.54) is 0 Å². The van der Waals surface area contributed by atoms with Crippen LogP contribution in [-0.2, 0) is 10.1 Å². The second-order valence-electron chi connectivity index (χ2n) is 2.28. The maximum absolute atomic E-state index is 11.8. The Morgan fingerprint density at radius 3 is 2.27 bits per heavy atom. The zero-order valence-electron chi connectivity index (χ0n) is 6.80. The molecule has 0 unspecified atom stereocenters. The molecule has 0 N–H and O–H groups in total. The van der Waals surface area contributed by atoms with Crippen molar-refractivity contribution in [3.8, 4) is 5.75 Å². The van der Waals surface area contributed by atoms with Crippen LogP contribution in [0.4, 0.5) is 13.2 Å². The summed E-state index contributed by atoms with van der Waals surface area (Å²) in [5.41, 5.74) is -5.47. The lowest BCUT2D eigenvalue weighted by molar-refractivity contribution is -0.0500. The van der Waals surface area contributed by atoms with Gasteiger partial charge in [0.05, 0.1) is 5.02 Å². The molecule has 0 bridgehead atoms. The first kappa shape index (κ1) is 11.9. The molecule has 0 radical (unpaired) electrons. The van der Waals surface area contributed by atoms with E-state index < -0.39 is 21.4 Å². The molecule has 15 heavy (non-hydrogen) atoms. The van der Waals surface area contributed by atoms with Gasteiger partial charge in [-0.05, 0) is 24.3 Å². The predicted molar refractivity (Wildman–Crippen MR) is 44.7 cm³/mol. The Morgan fingerprint density at radius 1 is 1.27 bits per heavy atom. The largest absolute Gasteiger partial charge is 0.534 e. The Kier molecular flexibility index (Phi) is 3.02. The maximum atomic E-state index is 11.8. The van der Waals surface area contributed by atoms with E-state index in [0.717, 1.165) is 12.1 Å². The molecule has 1 rings (SSSR count). The van der Waals surface area contributed by atoms with Gasteiger partial charge in [-0.25, -0.2) is 0 Å². The number of rotatable bonds is 2. The highest BCUT2D eigenvalue weighted by atomic mass is 35.5. The summed E-state index contributed by atoms with van der Waals surface area (Å²) in [6.07, 6.45) is 0. The van der Waals surface area contributed by atoms with Crippen LogP contribution in [0, 0.1) is 12.1 Å². The summed E-state index contributed by atoms with van der Waals surface area (Å²) < 4.78 is 60.2. The topological polar surface area (TPSA) is 43.4 Å². The second-order valence-corrected chi connectivity index (χ2v) is 4.22. The zero-order chi connectivity index (χ0) is 11.7.